The Morgan fingerprint density at radius 2 is 1.67 bits per heavy atom. The summed E-state index contributed by atoms with van der Waals surface area (Å²) in [5, 5.41) is 16.9. The van der Waals surface area contributed by atoms with E-state index >= 15 is 0 Å². The first kappa shape index (κ1) is 26.5. The van der Waals surface area contributed by atoms with Crippen LogP contribution in [0.5, 0.6) is 5.75 Å². The maximum atomic E-state index is 12.1. The Bertz CT molecular complexity index is 706. The molecule has 0 saturated carbocycles. The number of fused-ring (bicyclic) bond motifs is 3. The number of rotatable bonds is 6. The van der Waals surface area contributed by atoms with Gasteiger partial charge in [-0.15, -0.1) is 0 Å². The van der Waals surface area contributed by atoms with E-state index in [0.29, 0.717) is 19.8 Å². The quantitative estimate of drug-likeness (QED) is 0.480. The van der Waals surface area contributed by atoms with Gasteiger partial charge in [-0.05, 0) is 17.7 Å². The predicted octanol–water partition coefficient (Wildman–Crippen LogP) is -0.254. The minimum Gasteiger partial charge on any atom is -0.492 e. The van der Waals surface area contributed by atoms with Crippen molar-refractivity contribution >= 4 is 18.9 Å². The zero-order valence-electron chi connectivity index (χ0n) is 18.6. The van der Waals surface area contributed by atoms with E-state index in [1.165, 1.54) is 5.56 Å². The molecule has 3 N–H and O–H groups in total. The molecule has 0 spiro atoms. The Balaban J connectivity index is 0.000000582. The number of carbonyl (C=O) groups excluding carboxylic acids is 1. The molecule has 184 valence electrons. The summed E-state index contributed by atoms with van der Waals surface area (Å²) in [6.45, 7) is 8.30. The van der Waals surface area contributed by atoms with Crippen molar-refractivity contribution in [2.75, 3.05) is 65.8 Å². The molecule has 0 radical (unpaired) electrons. The molecule has 3 fully saturated rings. The number of carbonyl (C=O) groups is 3. The maximum Gasteiger partial charge on any atom is 0.290 e. The molecule has 1 aromatic carbocycles. The number of nitrogens with one attached hydrogen (secondary N) is 1. The highest BCUT2D eigenvalue weighted by molar-refractivity contribution is 5.79. The van der Waals surface area contributed by atoms with Crippen LogP contribution in [0.2, 0.25) is 0 Å². The van der Waals surface area contributed by atoms with Crippen molar-refractivity contribution in [1.29, 1.82) is 0 Å². The van der Waals surface area contributed by atoms with E-state index in [2.05, 4.69) is 27.2 Å². The monoisotopic (exact) mass is 467 g/mol. The third kappa shape index (κ3) is 9.74. The molecule has 11 nitrogen and oxygen atoms in total. The van der Waals surface area contributed by atoms with Gasteiger partial charge in [-0.3, -0.25) is 24.2 Å². The minimum absolute atomic E-state index is 0.0692. The molecule has 4 rings (SSSR count). The summed E-state index contributed by atoms with van der Waals surface area (Å²) in [5.41, 5.74) is 1.24. The Morgan fingerprint density at radius 3 is 2.33 bits per heavy atom. The summed E-state index contributed by atoms with van der Waals surface area (Å²) in [7, 11) is 0. The van der Waals surface area contributed by atoms with E-state index in [1.807, 2.05) is 12.1 Å². The molecule has 0 unspecified atom stereocenters. The lowest BCUT2D eigenvalue weighted by atomic mass is 10.1. The molecular weight excluding hydrogens is 434 g/mol. The third-order valence-corrected chi connectivity index (χ3v) is 5.42. The summed E-state index contributed by atoms with van der Waals surface area (Å²) in [6, 6.07) is 8.42. The number of carboxylic acid groups (broad SMARTS) is 2. The van der Waals surface area contributed by atoms with Crippen molar-refractivity contribution in [3.63, 3.8) is 0 Å². The summed E-state index contributed by atoms with van der Waals surface area (Å²) in [6.07, 6.45) is 0. The second-order valence-corrected chi connectivity index (χ2v) is 7.79. The maximum absolute atomic E-state index is 12.1. The van der Waals surface area contributed by atoms with Gasteiger partial charge in [0, 0.05) is 39.3 Å². The molecule has 3 aliphatic rings. The molecule has 0 aromatic heterocycles. The van der Waals surface area contributed by atoms with Gasteiger partial charge in [0.25, 0.3) is 12.9 Å². The second kappa shape index (κ2) is 15.2. The van der Waals surface area contributed by atoms with E-state index in [4.69, 9.17) is 34.0 Å². The number of morpholine rings is 1. The van der Waals surface area contributed by atoms with Crippen LogP contribution in [-0.2, 0) is 30.4 Å². The zero-order chi connectivity index (χ0) is 23.9. The van der Waals surface area contributed by atoms with Crippen LogP contribution < -0.4 is 10.1 Å². The van der Waals surface area contributed by atoms with Gasteiger partial charge < -0.3 is 29.7 Å². The number of amides is 1. The lowest BCUT2D eigenvalue weighted by molar-refractivity contribution is -0.125. The highest BCUT2D eigenvalue weighted by atomic mass is 16.5. The molecular formula is C22H33N3O8. The van der Waals surface area contributed by atoms with Gasteiger partial charge in [-0.1, -0.05) is 12.1 Å². The van der Waals surface area contributed by atoms with Crippen LogP contribution in [0.3, 0.4) is 0 Å². The first-order valence-corrected chi connectivity index (χ1v) is 10.9. The first-order valence-electron chi connectivity index (χ1n) is 10.9. The standard InChI is InChI=1S/C20H29N3O4.2CH2O2/c24-20-17-12-23(13-18(21-20)15-26-14-17)11-16-1-3-19(4-2-16)27-10-7-22-5-8-25-9-6-22;2*2-1-3/h1-4,17-18H,5-15H2,(H,21,24);2*1H,(H,2,3)/t17-,18+;;/m1../s1. The summed E-state index contributed by atoms with van der Waals surface area (Å²) in [5.74, 6) is 0.967. The Morgan fingerprint density at radius 1 is 1.00 bits per heavy atom. The van der Waals surface area contributed by atoms with Crippen molar-refractivity contribution in [1.82, 2.24) is 15.1 Å². The summed E-state index contributed by atoms with van der Waals surface area (Å²) < 4.78 is 16.8. The molecule has 1 aromatic rings. The number of nitrogens with zero attached hydrogens (tertiary/aromatic N) is 2. The zero-order valence-corrected chi connectivity index (χ0v) is 18.6. The molecule has 33 heavy (non-hydrogen) atoms. The van der Waals surface area contributed by atoms with Crippen LogP contribution in [0.4, 0.5) is 0 Å². The largest absolute Gasteiger partial charge is 0.492 e. The highest BCUT2D eigenvalue weighted by Gasteiger charge is 2.33. The van der Waals surface area contributed by atoms with Crippen molar-refractivity contribution in [2.24, 2.45) is 5.92 Å². The van der Waals surface area contributed by atoms with Gasteiger partial charge in [-0.2, -0.15) is 0 Å². The van der Waals surface area contributed by atoms with Gasteiger partial charge in [0.05, 0.1) is 38.4 Å². The van der Waals surface area contributed by atoms with E-state index in [9.17, 15) is 4.79 Å². The molecule has 11 heteroatoms. The highest BCUT2D eigenvalue weighted by Crippen LogP contribution is 2.18. The molecule has 2 bridgehead atoms. The number of benzene rings is 1. The van der Waals surface area contributed by atoms with Gasteiger partial charge in [0.1, 0.15) is 12.4 Å². The van der Waals surface area contributed by atoms with Crippen molar-refractivity contribution in [2.45, 2.75) is 12.6 Å². The summed E-state index contributed by atoms with van der Waals surface area (Å²) >= 11 is 0. The third-order valence-electron chi connectivity index (χ3n) is 5.42. The Labute approximate surface area is 193 Å². The number of hydrogen-bond donors (Lipinski definition) is 3. The van der Waals surface area contributed by atoms with Crippen molar-refractivity contribution < 1.29 is 38.8 Å². The van der Waals surface area contributed by atoms with Crippen molar-refractivity contribution in [3.05, 3.63) is 29.8 Å². The van der Waals surface area contributed by atoms with E-state index < -0.39 is 0 Å². The molecule has 3 saturated heterocycles. The average molecular weight is 468 g/mol. The molecule has 0 aliphatic carbocycles. The van der Waals surface area contributed by atoms with Crippen LogP contribution in [0.25, 0.3) is 0 Å². The second-order valence-electron chi connectivity index (χ2n) is 7.79. The average Bonchev–Trinajstić information content (AvgIpc) is 3.05. The Hall–Kier alpha value is -2.73. The fraction of sp³-hybridized carbons (Fsp3) is 0.591. The predicted molar refractivity (Wildman–Crippen MR) is 118 cm³/mol. The van der Waals surface area contributed by atoms with Crippen LogP contribution in [0, 0.1) is 5.92 Å². The normalized spacial score (nSPS) is 22.8. The van der Waals surface area contributed by atoms with Crippen LogP contribution in [-0.4, -0.2) is 111 Å². The first-order chi connectivity index (χ1) is 16.1. The van der Waals surface area contributed by atoms with Crippen LogP contribution in [0.1, 0.15) is 5.56 Å². The fourth-order valence-corrected chi connectivity index (χ4v) is 3.92. The van der Waals surface area contributed by atoms with Crippen molar-refractivity contribution in [3.8, 4) is 5.75 Å². The number of hydrogen-bond acceptors (Lipinski definition) is 8. The SMILES string of the molecule is O=C1N[C@@H]2COC[C@H]1CN(Cc1ccc(OCCN3CCOCC3)cc1)C2.O=CO.O=CO. The topological polar surface area (TPSA) is 138 Å². The van der Waals surface area contributed by atoms with E-state index in [1.54, 1.807) is 0 Å². The van der Waals surface area contributed by atoms with Gasteiger partial charge in [0.2, 0.25) is 5.91 Å². The lowest BCUT2D eigenvalue weighted by Gasteiger charge is -2.27. The lowest BCUT2D eigenvalue weighted by Crippen LogP contribution is -2.41. The molecule has 3 aliphatic heterocycles. The smallest absolute Gasteiger partial charge is 0.290 e. The van der Waals surface area contributed by atoms with Gasteiger partial charge in [-0.25, -0.2) is 0 Å². The molecule has 1 amide bonds. The van der Waals surface area contributed by atoms with E-state index in [-0.39, 0.29) is 30.8 Å². The minimum atomic E-state index is -0.250. The van der Waals surface area contributed by atoms with Crippen LogP contribution >= 0.6 is 0 Å². The van der Waals surface area contributed by atoms with E-state index in [0.717, 1.165) is 58.2 Å². The van der Waals surface area contributed by atoms with Gasteiger partial charge >= 0.3 is 0 Å². The summed E-state index contributed by atoms with van der Waals surface area (Å²) in [4.78, 5) is 33.6. The number of ether oxygens (including phenoxy) is 3. The fourth-order valence-electron chi connectivity index (χ4n) is 3.92. The van der Waals surface area contributed by atoms with Crippen LogP contribution in [0.15, 0.2) is 24.3 Å². The molecule has 2 atom stereocenters. The molecule has 3 heterocycles. The van der Waals surface area contributed by atoms with Gasteiger partial charge in [0.15, 0.2) is 0 Å². The Kier molecular flexibility index (Phi) is 12.2.